The zero-order valence-corrected chi connectivity index (χ0v) is 14.9. The highest BCUT2D eigenvalue weighted by atomic mass is 16.5. The van der Waals surface area contributed by atoms with Gasteiger partial charge in [0.15, 0.2) is 0 Å². The van der Waals surface area contributed by atoms with Crippen LogP contribution >= 0.6 is 0 Å². The van der Waals surface area contributed by atoms with Crippen LogP contribution < -0.4 is 10.1 Å². The minimum atomic E-state index is -0.208. The van der Waals surface area contributed by atoms with Gasteiger partial charge in [0.1, 0.15) is 5.75 Å². The Morgan fingerprint density at radius 2 is 2.04 bits per heavy atom. The van der Waals surface area contributed by atoms with Crippen molar-refractivity contribution in [2.24, 2.45) is 11.8 Å². The molecule has 0 radical (unpaired) electrons. The van der Waals surface area contributed by atoms with Gasteiger partial charge >= 0.3 is 0 Å². The van der Waals surface area contributed by atoms with E-state index in [9.17, 15) is 9.90 Å². The summed E-state index contributed by atoms with van der Waals surface area (Å²) in [6.45, 7) is 0.750. The van der Waals surface area contributed by atoms with Crippen LogP contribution in [0.3, 0.4) is 0 Å². The van der Waals surface area contributed by atoms with Crippen molar-refractivity contribution >= 4 is 5.91 Å². The Labute approximate surface area is 150 Å². The number of nitrogens with one attached hydrogen (secondary N) is 1. The quantitative estimate of drug-likeness (QED) is 0.860. The highest BCUT2D eigenvalue weighted by Gasteiger charge is 2.36. The van der Waals surface area contributed by atoms with Gasteiger partial charge in [-0.05, 0) is 60.8 Å². The zero-order valence-electron chi connectivity index (χ0n) is 14.9. The van der Waals surface area contributed by atoms with Crippen molar-refractivity contribution in [3.8, 4) is 5.75 Å². The van der Waals surface area contributed by atoms with E-state index in [-0.39, 0.29) is 18.1 Å². The SMILES string of the molecule is O=C(CC1CCCCC1)N[C@@H](c1ccc2c(c1)CCO2)C1CC(O)C1. The number of amides is 1. The fourth-order valence-electron chi connectivity index (χ4n) is 4.66. The molecule has 0 spiro atoms. The van der Waals surface area contributed by atoms with Crippen molar-refractivity contribution in [3.05, 3.63) is 29.3 Å². The van der Waals surface area contributed by atoms with Crippen molar-refractivity contribution < 1.29 is 14.6 Å². The van der Waals surface area contributed by atoms with Gasteiger partial charge in [0.2, 0.25) is 5.91 Å². The van der Waals surface area contributed by atoms with Crippen molar-refractivity contribution in [3.63, 3.8) is 0 Å². The first-order valence-electron chi connectivity index (χ1n) is 9.92. The fraction of sp³-hybridized carbons (Fsp3) is 0.667. The Morgan fingerprint density at radius 1 is 1.24 bits per heavy atom. The number of aliphatic hydroxyl groups is 1. The number of rotatable bonds is 5. The lowest BCUT2D eigenvalue weighted by molar-refractivity contribution is -0.124. The maximum absolute atomic E-state index is 12.7. The number of carbonyl (C=O) groups is 1. The summed E-state index contributed by atoms with van der Waals surface area (Å²) >= 11 is 0. The predicted octanol–water partition coefficient (Wildman–Crippen LogP) is 3.52. The first kappa shape index (κ1) is 16.9. The molecule has 2 fully saturated rings. The molecule has 4 heteroatoms. The summed E-state index contributed by atoms with van der Waals surface area (Å²) in [5, 5.41) is 13.0. The van der Waals surface area contributed by atoms with E-state index >= 15 is 0 Å². The van der Waals surface area contributed by atoms with Gasteiger partial charge in [0.05, 0.1) is 18.8 Å². The number of fused-ring (bicyclic) bond motifs is 1. The predicted molar refractivity (Wildman–Crippen MR) is 96.4 cm³/mol. The largest absolute Gasteiger partial charge is 0.493 e. The molecule has 3 aliphatic rings. The van der Waals surface area contributed by atoms with Gasteiger partial charge in [0, 0.05) is 12.8 Å². The van der Waals surface area contributed by atoms with Crippen molar-refractivity contribution in [1.82, 2.24) is 5.32 Å². The summed E-state index contributed by atoms with van der Waals surface area (Å²) < 4.78 is 5.61. The molecule has 2 N–H and O–H groups in total. The molecule has 0 aromatic heterocycles. The lowest BCUT2D eigenvalue weighted by Gasteiger charge is -2.38. The van der Waals surface area contributed by atoms with E-state index in [0.717, 1.165) is 37.2 Å². The lowest BCUT2D eigenvalue weighted by Crippen LogP contribution is -2.41. The summed E-state index contributed by atoms with van der Waals surface area (Å²) in [4.78, 5) is 12.7. The molecule has 25 heavy (non-hydrogen) atoms. The summed E-state index contributed by atoms with van der Waals surface area (Å²) in [6.07, 6.45) is 9.18. The molecule has 1 aromatic carbocycles. The third kappa shape index (κ3) is 3.84. The first-order chi connectivity index (χ1) is 12.2. The topological polar surface area (TPSA) is 58.6 Å². The van der Waals surface area contributed by atoms with Crippen LogP contribution in [0.4, 0.5) is 0 Å². The molecule has 1 amide bonds. The first-order valence-corrected chi connectivity index (χ1v) is 9.92. The smallest absolute Gasteiger partial charge is 0.220 e. The molecule has 0 saturated heterocycles. The van der Waals surface area contributed by atoms with E-state index in [1.807, 2.05) is 6.07 Å². The van der Waals surface area contributed by atoms with Crippen molar-refractivity contribution in [2.45, 2.75) is 69.9 Å². The maximum atomic E-state index is 12.7. The normalized spacial score (nSPS) is 27.1. The van der Waals surface area contributed by atoms with Crippen LogP contribution in [0.5, 0.6) is 5.75 Å². The average Bonchev–Trinajstić information content (AvgIpc) is 3.06. The second-order valence-corrected chi connectivity index (χ2v) is 8.10. The summed E-state index contributed by atoms with van der Waals surface area (Å²) in [5.74, 6) is 2.04. The van der Waals surface area contributed by atoms with E-state index in [0.29, 0.717) is 18.3 Å². The Bertz CT molecular complexity index is 618. The Morgan fingerprint density at radius 3 is 2.80 bits per heavy atom. The van der Waals surface area contributed by atoms with Crippen LogP contribution in [-0.4, -0.2) is 23.7 Å². The molecule has 0 bridgehead atoms. The molecule has 2 aliphatic carbocycles. The molecule has 1 atom stereocenters. The third-order valence-corrected chi connectivity index (χ3v) is 6.21. The molecule has 1 aliphatic heterocycles. The highest BCUT2D eigenvalue weighted by Crippen LogP contribution is 2.40. The Balaban J connectivity index is 1.45. The zero-order chi connectivity index (χ0) is 17.2. The van der Waals surface area contributed by atoms with Crippen molar-refractivity contribution in [2.75, 3.05) is 6.61 Å². The molecule has 1 aromatic rings. The monoisotopic (exact) mass is 343 g/mol. The number of ether oxygens (including phenoxy) is 1. The van der Waals surface area contributed by atoms with Crippen LogP contribution in [0.1, 0.15) is 68.5 Å². The van der Waals surface area contributed by atoms with Crippen molar-refractivity contribution in [1.29, 1.82) is 0 Å². The van der Waals surface area contributed by atoms with Crippen LogP contribution in [0.2, 0.25) is 0 Å². The highest BCUT2D eigenvalue weighted by molar-refractivity contribution is 5.76. The number of hydrogen-bond donors (Lipinski definition) is 2. The van der Waals surface area contributed by atoms with Gasteiger partial charge in [-0.25, -0.2) is 0 Å². The third-order valence-electron chi connectivity index (χ3n) is 6.21. The molecule has 0 unspecified atom stereocenters. The molecule has 4 rings (SSSR count). The average molecular weight is 343 g/mol. The second kappa shape index (κ2) is 7.36. The molecular formula is C21H29NO3. The number of benzene rings is 1. The van der Waals surface area contributed by atoms with Crippen LogP contribution in [0, 0.1) is 11.8 Å². The molecular weight excluding hydrogens is 314 g/mol. The molecule has 1 heterocycles. The molecule has 4 nitrogen and oxygen atoms in total. The van der Waals surface area contributed by atoms with E-state index in [4.69, 9.17) is 4.74 Å². The number of carbonyl (C=O) groups excluding carboxylic acids is 1. The van der Waals surface area contributed by atoms with Gasteiger partial charge in [-0.1, -0.05) is 25.3 Å². The minimum absolute atomic E-state index is 0.0189. The van der Waals surface area contributed by atoms with Gasteiger partial charge in [-0.3, -0.25) is 4.79 Å². The minimum Gasteiger partial charge on any atom is -0.493 e. The summed E-state index contributed by atoms with van der Waals surface area (Å²) in [7, 11) is 0. The van der Waals surface area contributed by atoms with Gasteiger partial charge in [-0.2, -0.15) is 0 Å². The van der Waals surface area contributed by atoms with E-state index in [2.05, 4.69) is 17.4 Å². The molecule has 2 saturated carbocycles. The number of hydrogen-bond acceptors (Lipinski definition) is 3. The second-order valence-electron chi connectivity index (χ2n) is 8.10. The van der Waals surface area contributed by atoms with Gasteiger partial charge in [-0.15, -0.1) is 0 Å². The van der Waals surface area contributed by atoms with Crippen LogP contribution in [-0.2, 0) is 11.2 Å². The number of aliphatic hydroxyl groups excluding tert-OH is 1. The van der Waals surface area contributed by atoms with Gasteiger partial charge < -0.3 is 15.2 Å². The van der Waals surface area contributed by atoms with E-state index < -0.39 is 0 Å². The van der Waals surface area contributed by atoms with E-state index in [1.165, 1.54) is 37.7 Å². The fourth-order valence-corrected chi connectivity index (χ4v) is 4.66. The Hall–Kier alpha value is -1.55. The molecule has 136 valence electrons. The van der Waals surface area contributed by atoms with Crippen LogP contribution in [0.25, 0.3) is 0 Å². The van der Waals surface area contributed by atoms with E-state index in [1.54, 1.807) is 0 Å². The standard InChI is InChI=1S/C21H29NO3/c23-18-12-17(13-18)21(16-6-7-19-15(11-16)8-9-25-19)22-20(24)10-14-4-2-1-3-5-14/h6-7,11,14,17-18,21,23H,1-5,8-10,12-13H2,(H,22,24)/t17?,18?,21-/m0/s1. The maximum Gasteiger partial charge on any atom is 0.220 e. The summed E-state index contributed by atoms with van der Waals surface area (Å²) in [5.41, 5.74) is 2.40. The summed E-state index contributed by atoms with van der Waals surface area (Å²) in [6, 6.07) is 6.33. The van der Waals surface area contributed by atoms with Gasteiger partial charge in [0.25, 0.3) is 0 Å². The Kier molecular flexibility index (Phi) is 4.98. The van der Waals surface area contributed by atoms with Crippen LogP contribution in [0.15, 0.2) is 18.2 Å². The lowest BCUT2D eigenvalue weighted by atomic mass is 9.74.